The summed E-state index contributed by atoms with van der Waals surface area (Å²) in [6, 6.07) is 6.89. The Bertz CT molecular complexity index is 878. The van der Waals surface area contributed by atoms with Crippen LogP contribution in [-0.4, -0.2) is 67.0 Å². The van der Waals surface area contributed by atoms with Crippen molar-refractivity contribution in [2.45, 2.75) is 18.7 Å². The van der Waals surface area contributed by atoms with Crippen molar-refractivity contribution in [3.63, 3.8) is 0 Å². The van der Waals surface area contributed by atoms with Gasteiger partial charge in [-0.2, -0.15) is 9.40 Å². The first-order valence-electron chi connectivity index (χ1n) is 8.29. The standard InChI is InChI=1S/C17H22N4O4S/c1-12-16(13(2)19-18-12)26(23,24)21-10-8-20(9-11-21)17(22)14-4-6-15(25-3)7-5-14/h4-7H,8-11H2,1-3H3,(H,18,19). The normalized spacial score (nSPS) is 15.9. The number of aryl methyl sites for hydroxylation is 2. The van der Waals surface area contributed by atoms with Gasteiger partial charge >= 0.3 is 0 Å². The molecular weight excluding hydrogens is 356 g/mol. The molecule has 1 fully saturated rings. The minimum absolute atomic E-state index is 0.111. The quantitative estimate of drug-likeness (QED) is 0.862. The first kappa shape index (κ1) is 18.4. The molecule has 1 saturated heterocycles. The lowest BCUT2D eigenvalue weighted by atomic mass is 10.2. The minimum Gasteiger partial charge on any atom is -0.497 e. The van der Waals surface area contributed by atoms with E-state index in [2.05, 4.69) is 10.2 Å². The zero-order valence-corrected chi connectivity index (χ0v) is 15.8. The highest BCUT2D eigenvalue weighted by Gasteiger charge is 2.33. The number of nitrogens with one attached hydrogen (secondary N) is 1. The van der Waals surface area contributed by atoms with Gasteiger partial charge in [0.05, 0.1) is 18.5 Å². The number of hydrogen-bond donors (Lipinski definition) is 1. The molecule has 3 rings (SSSR count). The molecule has 0 radical (unpaired) electrons. The van der Waals surface area contributed by atoms with Gasteiger partial charge < -0.3 is 9.64 Å². The summed E-state index contributed by atoms with van der Waals surface area (Å²) in [6.07, 6.45) is 0. The van der Waals surface area contributed by atoms with Crippen molar-refractivity contribution in [2.24, 2.45) is 0 Å². The average Bonchev–Trinajstić information content (AvgIpc) is 3.00. The van der Waals surface area contributed by atoms with E-state index in [1.807, 2.05) is 0 Å². The fraction of sp³-hybridized carbons (Fsp3) is 0.412. The second-order valence-corrected chi connectivity index (χ2v) is 8.06. The van der Waals surface area contributed by atoms with Crippen LogP contribution < -0.4 is 4.74 Å². The van der Waals surface area contributed by atoms with Gasteiger partial charge in [-0.25, -0.2) is 8.42 Å². The molecule has 0 bridgehead atoms. The molecule has 1 aliphatic rings. The van der Waals surface area contributed by atoms with E-state index in [9.17, 15) is 13.2 Å². The maximum Gasteiger partial charge on any atom is 0.253 e. The molecule has 0 unspecified atom stereocenters. The number of H-pyrrole nitrogens is 1. The SMILES string of the molecule is COc1ccc(C(=O)N2CCN(S(=O)(=O)c3c(C)n[nH]c3C)CC2)cc1. The third-order valence-corrected chi connectivity index (χ3v) is 6.68. The first-order valence-corrected chi connectivity index (χ1v) is 9.73. The summed E-state index contributed by atoms with van der Waals surface area (Å²) in [5.41, 5.74) is 1.54. The molecule has 1 N–H and O–H groups in total. The molecule has 1 aromatic heterocycles. The van der Waals surface area contributed by atoms with Gasteiger partial charge in [0.25, 0.3) is 5.91 Å². The lowest BCUT2D eigenvalue weighted by molar-refractivity contribution is 0.0698. The molecule has 0 aliphatic carbocycles. The predicted octanol–water partition coefficient (Wildman–Crippen LogP) is 1.18. The summed E-state index contributed by atoms with van der Waals surface area (Å²) in [5, 5.41) is 6.68. The third-order valence-electron chi connectivity index (χ3n) is 4.52. The number of aromatic amines is 1. The average molecular weight is 378 g/mol. The van der Waals surface area contributed by atoms with Gasteiger partial charge in [-0.05, 0) is 38.1 Å². The number of piperazine rings is 1. The second kappa shape index (κ2) is 7.08. The van der Waals surface area contributed by atoms with E-state index in [4.69, 9.17) is 4.74 Å². The van der Waals surface area contributed by atoms with Crippen molar-refractivity contribution in [1.82, 2.24) is 19.4 Å². The van der Waals surface area contributed by atoms with E-state index in [0.717, 1.165) is 0 Å². The van der Waals surface area contributed by atoms with E-state index in [-0.39, 0.29) is 23.9 Å². The number of sulfonamides is 1. The van der Waals surface area contributed by atoms with Gasteiger partial charge in [-0.15, -0.1) is 0 Å². The Kier molecular flexibility index (Phi) is 5.01. The summed E-state index contributed by atoms with van der Waals surface area (Å²) in [6.45, 7) is 4.57. The van der Waals surface area contributed by atoms with Crippen molar-refractivity contribution in [3.8, 4) is 5.75 Å². The van der Waals surface area contributed by atoms with Gasteiger partial charge in [0, 0.05) is 31.7 Å². The Morgan fingerprint density at radius 2 is 1.73 bits per heavy atom. The Labute approximate surface area is 152 Å². The largest absolute Gasteiger partial charge is 0.497 e. The highest BCUT2D eigenvalue weighted by molar-refractivity contribution is 7.89. The van der Waals surface area contributed by atoms with E-state index in [0.29, 0.717) is 35.8 Å². The van der Waals surface area contributed by atoms with E-state index < -0.39 is 10.0 Å². The van der Waals surface area contributed by atoms with Gasteiger partial charge in [-0.1, -0.05) is 0 Å². The molecular formula is C17H22N4O4S. The smallest absolute Gasteiger partial charge is 0.253 e. The highest BCUT2D eigenvalue weighted by atomic mass is 32.2. The minimum atomic E-state index is -3.62. The van der Waals surface area contributed by atoms with Crippen LogP contribution in [0.2, 0.25) is 0 Å². The molecule has 26 heavy (non-hydrogen) atoms. The fourth-order valence-corrected chi connectivity index (χ4v) is 4.85. The molecule has 140 valence electrons. The molecule has 2 aromatic rings. The summed E-state index contributed by atoms with van der Waals surface area (Å²) >= 11 is 0. The molecule has 1 aromatic carbocycles. The van der Waals surface area contributed by atoms with Crippen LogP contribution in [0.25, 0.3) is 0 Å². The van der Waals surface area contributed by atoms with Gasteiger partial charge in [0.15, 0.2) is 0 Å². The lowest BCUT2D eigenvalue weighted by Crippen LogP contribution is -2.50. The zero-order valence-electron chi connectivity index (χ0n) is 15.0. The highest BCUT2D eigenvalue weighted by Crippen LogP contribution is 2.23. The Morgan fingerprint density at radius 3 is 2.23 bits per heavy atom. The van der Waals surface area contributed by atoms with Gasteiger partial charge in [0.1, 0.15) is 10.6 Å². The number of ether oxygens (including phenoxy) is 1. The molecule has 0 spiro atoms. The van der Waals surface area contributed by atoms with Gasteiger partial charge in [-0.3, -0.25) is 9.89 Å². The monoisotopic (exact) mass is 378 g/mol. The van der Waals surface area contributed by atoms with Crippen molar-refractivity contribution in [1.29, 1.82) is 0 Å². The topological polar surface area (TPSA) is 95.6 Å². The number of aromatic nitrogens is 2. The first-order chi connectivity index (χ1) is 12.3. The van der Waals surface area contributed by atoms with Crippen LogP contribution >= 0.6 is 0 Å². The number of carbonyl (C=O) groups excluding carboxylic acids is 1. The Balaban J connectivity index is 1.69. The molecule has 1 amide bonds. The molecule has 9 heteroatoms. The van der Waals surface area contributed by atoms with Crippen molar-refractivity contribution >= 4 is 15.9 Å². The molecule has 1 aliphatic heterocycles. The number of amides is 1. The van der Waals surface area contributed by atoms with Crippen LogP contribution in [-0.2, 0) is 10.0 Å². The van der Waals surface area contributed by atoms with Crippen LogP contribution in [0.3, 0.4) is 0 Å². The second-order valence-electron chi connectivity index (χ2n) is 6.19. The fourth-order valence-electron chi connectivity index (χ4n) is 3.10. The Morgan fingerprint density at radius 1 is 1.12 bits per heavy atom. The number of rotatable bonds is 4. The molecule has 8 nitrogen and oxygen atoms in total. The summed E-state index contributed by atoms with van der Waals surface area (Å²) in [4.78, 5) is 14.5. The maximum absolute atomic E-state index is 12.9. The van der Waals surface area contributed by atoms with Crippen LogP contribution in [0.5, 0.6) is 5.75 Å². The van der Waals surface area contributed by atoms with E-state index in [1.54, 1.807) is 50.1 Å². The number of carbonyl (C=O) groups is 1. The number of methoxy groups -OCH3 is 1. The van der Waals surface area contributed by atoms with Crippen LogP contribution in [0.15, 0.2) is 29.2 Å². The zero-order chi connectivity index (χ0) is 18.9. The number of nitrogens with zero attached hydrogens (tertiary/aromatic N) is 3. The molecule has 0 atom stereocenters. The summed E-state index contributed by atoms with van der Waals surface area (Å²) in [5.74, 6) is 0.573. The predicted molar refractivity (Wildman–Crippen MR) is 95.7 cm³/mol. The van der Waals surface area contributed by atoms with E-state index >= 15 is 0 Å². The van der Waals surface area contributed by atoms with Crippen LogP contribution in [0.4, 0.5) is 0 Å². The lowest BCUT2D eigenvalue weighted by Gasteiger charge is -2.34. The van der Waals surface area contributed by atoms with Crippen molar-refractivity contribution in [3.05, 3.63) is 41.2 Å². The van der Waals surface area contributed by atoms with E-state index in [1.165, 1.54) is 4.31 Å². The molecule has 0 saturated carbocycles. The summed E-state index contributed by atoms with van der Waals surface area (Å²) < 4.78 is 32.2. The van der Waals surface area contributed by atoms with Crippen LogP contribution in [0, 0.1) is 13.8 Å². The number of hydrogen-bond acceptors (Lipinski definition) is 5. The van der Waals surface area contributed by atoms with Gasteiger partial charge in [0.2, 0.25) is 10.0 Å². The number of benzene rings is 1. The third kappa shape index (κ3) is 3.32. The van der Waals surface area contributed by atoms with Crippen molar-refractivity contribution in [2.75, 3.05) is 33.3 Å². The Hall–Kier alpha value is -2.39. The van der Waals surface area contributed by atoms with Crippen LogP contribution in [0.1, 0.15) is 21.7 Å². The summed E-state index contributed by atoms with van der Waals surface area (Å²) in [7, 11) is -2.05. The van der Waals surface area contributed by atoms with Crippen molar-refractivity contribution < 1.29 is 17.9 Å². The molecule has 2 heterocycles. The maximum atomic E-state index is 12.9.